The molecule has 0 aromatic heterocycles. The minimum atomic E-state index is 0.233. The zero-order valence-electron chi connectivity index (χ0n) is 9.79. The summed E-state index contributed by atoms with van der Waals surface area (Å²) in [6.07, 6.45) is 1.54. The highest BCUT2D eigenvalue weighted by Crippen LogP contribution is 2.08. The second kappa shape index (κ2) is 6.80. The van der Waals surface area contributed by atoms with Crippen LogP contribution < -0.4 is 5.32 Å². The van der Waals surface area contributed by atoms with E-state index in [9.17, 15) is 4.79 Å². The molecule has 88 valence electrons. The number of amides is 1. The number of carbonyl (C=O) groups is 1. The van der Waals surface area contributed by atoms with E-state index in [1.165, 1.54) is 0 Å². The van der Waals surface area contributed by atoms with Gasteiger partial charge in [-0.1, -0.05) is 6.92 Å². The summed E-state index contributed by atoms with van der Waals surface area (Å²) in [6.45, 7) is 8.05. The molecule has 1 heterocycles. The lowest BCUT2D eigenvalue weighted by Crippen LogP contribution is -2.59. The van der Waals surface area contributed by atoms with Gasteiger partial charge in [-0.25, -0.2) is 0 Å². The van der Waals surface area contributed by atoms with Crippen LogP contribution in [-0.4, -0.2) is 49.7 Å². The van der Waals surface area contributed by atoms with Gasteiger partial charge in [0.15, 0.2) is 0 Å². The molecule has 0 aromatic carbocycles. The molecule has 0 saturated carbocycles. The average Bonchev–Trinajstić information content (AvgIpc) is 2.14. The standard InChI is InChI=1S/C11H22N2O2/c1-3-6-13(10-8-12-9-10)11(14)5-7-15-4-2/h10,12H,3-9H2,1-2H3. The summed E-state index contributed by atoms with van der Waals surface area (Å²) in [5.74, 6) is 0.233. The number of nitrogens with zero attached hydrogens (tertiary/aromatic N) is 1. The lowest BCUT2D eigenvalue weighted by Gasteiger charge is -2.38. The highest BCUT2D eigenvalue weighted by atomic mass is 16.5. The van der Waals surface area contributed by atoms with Gasteiger partial charge in [0.2, 0.25) is 5.91 Å². The lowest BCUT2D eigenvalue weighted by atomic mass is 10.1. The second-order valence-electron chi connectivity index (χ2n) is 3.85. The van der Waals surface area contributed by atoms with Gasteiger partial charge in [0.1, 0.15) is 0 Å². The molecule has 1 aliphatic heterocycles. The highest BCUT2D eigenvalue weighted by Gasteiger charge is 2.27. The van der Waals surface area contributed by atoms with E-state index >= 15 is 0 Å². The van der Waals surface area contributed by atoms with Crippen molar-refractivity contribution in [2.75, 3.05) is 32.8 Å². The number of hydrogen-bond donors (Lipinski definition) is 1. The predicted molar refractivity (Wildman–Crippen MR) is 59.8 cm³/mol. The first kappa shape index (κ1) is 12.5. The highest BCUT2D eigenvalue weighted by molar-refractivity contribution is 5.76. The Morgan fingerprint density at radius 2 is 2.20 bits per heavy atom. The van der Waals surface area contributed by atoms with Gasteiger partial charge in [0.05, 0.1) is 19.1 Å². The summed E-state index contributed by atoms with van der Waals surface area (Å²) in [7, 11) is 0. The minimum absolute atomic E-state index is 0.233. The quantitative estimate of drug-likeness (QED) is 0.632. The van der Waals surface area contributed by atoms with Crippen LogP contribution in [0.4, 0.5) is 0 Å². The average molecular weight is 214 g/mol. The van der Waals surface area contributed by atoms with Gasteiger partial charge in [0, 0.05) is 26.2 Å². The number of hydrogen-bond acceptors (Lipinski definition) is 3. The van der Waals surface area contributed by atoms with Gasteiger partial charge in [-0.15, -0.1) is 0 Å². The normalized spacial score (nSPS) is 16.1. The van der Waals surface area contributed by atoms with Crippen molar-refractivity contribution in [1.82, 2.24) is 10.2 Å². The van der Waals surface area contributed by atoms with Crippen molar-refractivity contribution in [3.63, 3.8) is 0 Å². The molecule has 0 bridgehead atoms. The van der Waals surface area contributed by atoms with Crippen LogP contribution in [0.25, 0.3) is 0 Å². The van der Waals surface area contributed by atoms with Crippen molar-refractivity contribution in [3.8, 4) is 0 Å². The van der Waals surface area contributed by atoms with E-state index < -0.39 is 0 Å². The molecular formula is C11H22N2O2. The molecule has 0 radical (unpaired) electrons. The first-order chi connectivity index (χ1) is 7.29. The van der Waals surface area contributed by atoms with Crippen molar-refractivity contribution in [2.24, 2.45) is 0 Å². The molecular weight excluding hydrogens is 192 g/mol. The van der Waals surface area contributed by atoms with Gasteiger partial charge in [0.25, 0.3) is 0 Å². The monoisotopic (exact) mass is 214 g/mol. The number of carbonyl (C=O) groups excluding carboxylic acids is 1. The molecule has 1 aliphatic rings. The summed E-state index contributed by atoms with van der Waals surface area (Å²) in [6, 6.07) is 0.416. The molecule has 1 rings (SSSR count). The Hall–Kier alpha value is -0.610. The topological polar surface area (TPSA) is 41.6 Å². The first-order valence-electron chi connectivity index (χ1n) is 5.87. The van der Waals surface area contributed by atoms with Crippen LogP contribution >= 0.6 is 0 Å². The van der Waals surface area contributed by atoms with Crippen LogP contribution in [-0.2, 0) is 9.53 Å². The summed E-state index contributed by atoms with van der Waals surface area (Å²) in [5.41, 5.74) is 0. The summed E-state index contributed by atoms with van der Waals surface area (Å²) >= 11 is 0. The van der Waals surface area contributed by atoms with Crippen molar-refractivity contribution in [2.45, 2.75) is 32.7 Å². The van der Waals surface area contributed by atoms with E-state index in [1.807, 2.05) is 11.8 Å². The fraction of sp³-hybridized carbons (Fsp3) is 0.909. The van der Waals surface area contributed by atoms with Crippen LogP contribution in [0, 0.1) is 0 Å². The van der Waals surface area contributed by atoms with Gasteiger partial charge in [-0.2, -0.15) is 0 Å². The van der Waals surface area contributed by atoms with E-state index in [4.69, 9.17) is 4.74 Å². The number of rotatable bonds is 7. The van der Waals surface area contributed by atoms with Crippen LogP contribution in [0.15, 0.2) is 0 Å². The van der Waals surface area contributed by atoms with Crippen LogP contribution in [0.5, 0.6) is 0 Å². The van der Waals surface area contributed by atoms with E-state index in [1.54, 1.807) is 0 Å². The Bertz CT molecular complexity index is 193. The Kier molecular flexibility index (Phi) is 5.65. The molecule has 4 nitrogen and oxygen atoms in total. The van der Waals surface area contributed by atoms with Crippen molar-refractivity contribution < 1.29 is 9.53 Å². The van der Waals surface area contributed by atoms with Crippen LogP contribution in [0.2, 0.25) is 0 Å². The molecule has 0 spiro atoms. The third-order valence-electron chi connectivity index (χ3n) is 2.65. The molecule has 15 heavy (non-hydrogen) atoms. The second-order valence-corrected chi connectivity index (χ2v) is 3.85. The Labute approximate surface area is 92.0 Å². The van der Waals surface area contributed by atoms with Gasteiger partial charge in [-0.05, 0) is 13.3 Å². The zero-order chi connectivity index (χ0) is 11.1. The summed E-state index contributed by atoms with van der Waals surface area (Å²) in [5, 5.41) is 3.20. The van der Waals surface area contributed by atoms with Crippen molar-refractivity contribution >= 4 is 5.91 Å². The van der Waals surface area contributed by atoms with E-state index in [0.29, 0.717) is 25.7 Å². The fourth-order valence-electron chi connectivity index (χ4n) is 1.69. The summed E-state index contributed by atoms with van der Waals surface area (Å²) < 4.78 is 5.20. The smallest absolute Gasteiger partial charge is 0.225 e. The Morgan fingerprint density at radius 1 is 1.47 bits per heavy atom. The van der Waals surface area contributed by atoms with Gasteiger partial charge < -0.3 is 15.0 Å². The molecule has 0 atom stereocenters. The number of ether oxygens (including phenoxy) is 1. The maximum atomic E-state index is 11.9. The molecule has 1 saturated heterocycles. The van der Waals surface area contributed by atoms with Crippen LogP contribution in [0.1, 0.15) is 26.7 Å². The fourth-order valence-corrected chi connectivity index (χ4v) is 1.69. The summed E-state index contributed by atoms with van der Waals surface area (Å²) in [4.78, 5) is 13.9. The molecule has 0 aromatic rings. The number of nitrogens with one attached hydrogen (secondary N) is 1. The SMILES string of the molecule is CCCN(C(=O)CCOCC)C1CNC1. The van der Waals surface area contributed by atoms with Gasteiger partial charge >= 0.3 is 0 Å². The molecule has 1 fully saturated rings. The van der Waals surface area contributed by atoms with Crippen molar-refractivity contribution in [1.29, 1.82) is 0 Å². The molecule has 1 N–H and O–H groups in total. The van der Waals surface area contributed by atoms with Crippen molar-refractivity contribution in [3.05, 3.63) is 0 Å². The lowest BCUT2D eigenvalue weighted by molar-refractivity contribution is -0.135. The minimum Gasteiger partial charge on any atom is -0.381 e. The molecule has 1 amide bonds. The molecule has 4 heteroatoms. The molecule has 0 unspecified atom stereocenters. The molecule has 0 aliphatic carbocycles. The third kappa shape index (κ3) is 3.80. The van der Waals surface area contributed by atoms with E-state index in [2.05, 4.69) is 12.2 Å². The maximum Gasteiger partial charge on any atom is 0.225 e. The van der Waals surface area contributed by atoms with Crippen LogP contribution in [0.3, 0.4) is 0 Å². The Morgan fingerprint density at radius 3 is 2.67 bits per heavy atom. The van der Waals surface area contributed by atoms with E-state index in [-0.39, 0.29) is 5.91 Å². The van der Waals surface area contributed by atoms with Gasteiger partial charge in [-0.3, -0.25) is 4.79 Å². The van der Waals surface area contributed by atoms with E-state index in [0.717, 1.165) is 26.1 Å². The third-order valence-corrected chi connectivity index (χ3v) is 2.65. The largest absolute Gasteiger partial charge is 0.381 e. The Balaban J connectivity index is 2.29. The predicted octanol–water partition coefficient (Wildman–Crippen LogP) is 0.623. The first-order valence-corrected chi connectivity index (χ1v) is 5.87. The maximum absolute atomic E-state index is 11.9. The zero-order valence-corrected chi connectivity index (χ0v) is 9.79.